The summed E-state index contributed by atoms with van der Waals surface area (Å²) in [5.41, 5.74) is 2.11. The predicted octanol–water partition coefficient (Wildman–Crippen LogP) is 2.67. The van der Waals surface area contributed by atoms with Gasteiger partial charge in [-0.3, -0.25) is 9.59 Å². The molecule has 0 unspecified atom stereocenters. The van der Waals surface area contributed by atoms with Crippen LogP contribution in [0.1, 0.15) is 37.7 Å². The molecule has 0 aliphatic carbocycles. The Balaban J connectivity index is 1.26. The number of carbonyl (C=O) groups excluding carboxylic acids is 2. The van der Waals surface area contributed by atoms with Crippen molar-refractivity contribution in [1.29, 1.82) is 0 Å². The molecule has 1 aromatic carbocycles. The van der Waals surface area contributed by atoms with E-state index in [2.05, 4.69) is 32.5 Å². The third-order valence-electron chi connectivity index (χ3n) is 5.93. The highest BCUT2D eigenvalue weighted by Gasteiger charge is 2.33. The van der Waals surface area contributed by atoms with Gasteiger partial charge in [-0.2, -0.15) is 5.10 Å². The third-order valence-corrected chi connectivity index (χ3v) is 5.93. The Bertz CT molecular complexity index is 841. The molecule has 2 saturated heterocycles. The summed E-state index contributed by atoms with van der Waals surface area (Å²) >= 11 is 0. The van der Waals surface area contributed by atoms with E-state index in [1.54, 1.807) is 6.20 Å². The van der Waals surface area contributed by atoms with Crippen LogP contribution in [0.3, 0.4) is 0 Å². The van der Waals surface area contributed by atoms with Crippen molar-refractivity contribution in [2.24, 2.45) is 5.92 Å². The summed E-state index contributed by atoms with van der Waals surface area (Å²) in [6.45, 7) is 4.91. The molecule has 2 fully saturated rings. The van der Waals surface area contributed by atoms with E-state index in [0.717, 1.165) is 37.4 Å². The first-order valence-corrected chi connectivity index (χ1v) is 10.3. The first-order valence-electron chi connectivity index (χ1n) is 10.3. The average Bonchev–Trinajstić information content (AvgIpc) is 2.73. The summed E-state index contributed by atoms with van der Waals surface area (Å²) in [5.74, 6) is 1.55. The molecule has 2 amide bonds. The Morgan fingerprint density at radius 3 is 2.45 bits per heavy atom. The second kappa shape index (κ2) is 8.59. The quantitative estimate of drug-likeness (QED) is 0.845. The van der Waals surface area contributed by atoms with E-state index < -0.39 is 0 Å². The monoisotopic (exact) mass is 393 g/mol. The van der Waals surface area contributed by atoms with Crippen molar-refractivity contribution in [1.82, 2.24) is 15.1 Å². The maximum atomic E-state index is 12.5. The van der Waals surface area contributed by atoms with Gasteiger partial charge in [0.1, 0.15) is 0 Å². The van der Waals surface area contributed by atoms with Gasteiger partial charge in [-0.15, -0.1) is 5.10 Å². The molecule has 0 saturated carbocycles. The van der Waals surface area contributed by atoms with Gasteiger partial charge in [0.15, 0.2) is 5.82 Å². The van der Waals surface area contributed by atoms with Crippen molar-refractivity contribution in [2.75, 3.05) is 36.4 Å². The average molecular weight is 393 g/mol. The van der Waals surface area contributed by atoms with Crippen LogP contribution in [0.25, 0.3) is 0 Å². The molecule has 4 rings (SSSR count). The number of nitrogens with zero attached hydrogens (tertiary/aromatic N) is 4. The SMILES string of the molecule is CCC(=O)N1CCC(c2ccc(NC(=O)C3CN(c4cccnn4)C3)cc2)CC1. The number of piperidine rings is 1. The Morgan fingerprint density at radius 2 is 1.83 bits per heavy atom. The fourth-order valence-corrected chi connectivity index (χ4v) is 4.06. The summed E-state index contributed by atoms with van der Waals surface area (Å²) < 4.78 is 0. The summed E-state index contributed by atoms with van der Waals surface area (Å²) in [5, 5.41) is 11.0. The minimum Gasteiger partial charge on any atom is -0.353 e. The zero-order valence-corrected chi connectivity index (χ0v) is 16.8. The number of anilines is 2. The maximum absolute atomic E-state index is 12.5. The maximum Gasteiger partial charge on any atom is 0.231 e. The Kier molecular flexibility index (Phi) is 5.74. The van der Waals surface area contributed by atoms with Gasteiger partial charge in [-0.05, 0) is 48.6 Å². The summed E-state index contributed by atoms with van der Waals surface area (Å²) in [4.78, 5) is 28.3. The standard InChI is InChI=1S/C22H27N5O2/c1-2-21(28)26-12-9-17(10-13-26)16-5-7-19(8-6-16)24-22(29)18-14-27(15-18)20-4-3-11-23-25-20/h3-8,11,17-18H,2,9-10,12-15H2,1H3,(H,24,29). The van der Waals surface area contributed by atoms with Crippen LogP contribution in [0.15, 0.2) is 42.6 Å². The van der Waals surface area contributed by atoms with Gasteiger partial charge in [0.05, 0.1) is 5.92 Å². The molecule has 152 valence electrons. The summed E-state index contributed by atoms with van der Waals surface area (Å²) in [7, 11) is 0. The van der Waals surface area contributed by atoms with Gasteiger partial charge in [-0.1, -0.05) is 19.1 Å². The van der Waals surface area contributed by atoms with Crippen LogP contribution in [0.5, 0.6) is 0 Å². The van der Waals surface area contributed by atoms with Crippen LogP contribution in [-0.4, -0.2) is 53.1 Å². The first-order chi connectivity index (χ1) is 14.1. The summed E-state index contributed by atoms with van der Waals surface area (Å²) in [6.07, 6.45) is 4.22. The highest BCUT2D eigenvalue weighted by molar-refractivity contribution is 5.94. The van der Waals surface area contributed by atoms with E-state index in [4.69, 9.17) is 0 Å². The molecule has 0 atom stereocenters. The van der Waals surface area contributed by atoms with Crippen LogP contribution in [0, 0.1) is 5.92 Å². The highest BCUT2D eigenvalue weighted by Crippen LogP contribution is 2.29. The zero-order chi connectivity index (χ0) is 20.2. The number of amides is 2. The molecule has 7 nitrogen and oxygen atoms in total. The van der Waals surface area contributed by atoms with Gasteiger partial charge < -0.3 is 15.1 Å². The number of carbonyl (C=O) groups is 2. The van der Waals surface area contributed by atoms with Gasteiger partial charge >= 0.3 is 0 Å². The van der Waals surface area contributed by atoms with E-state index in [-0.39, 0.29) is 17.7 Å². The van der Waals surface area contributed by atoms with E-state index >= 15 is 0 Å². The lowest BCUT2D eigenvalue weighted by Gasteiger charge is -2.38. The first kappa shape index (κ1) is 19.4. The van der Waals surface area contributed by atoms with Crippen molar-refractivity contribution >= 4 is 23.3 Å². The van der Waals surface area contributed by atoms with Gasteiger partial charge in [0.25, 0.3) is 0 Å². The molecular formula is C22H27N5O2. The Labute approximate surface area is 171 Å². The number of benzene rings is 1. The van der Waals surface area contributed by atoms with Crippen LogP contribution in [0.4, 0.5) is 11.5 Å². The molecule has 3 heterocycles. The van der Waals surface area contributed by atoms with Crippen LogP contribution in [-0.2, 0) is 9.59 Å². The second-order valence-corrected chi connectivity index (χ2v) is 7.80. The summed E-state index contributed by atoms with van der Waals surface area (Å²) in [6, 6.07) is 11.9. The van der Waals surface area contributed by atoms with E-state index in [0.29, 0.717) is 25.4 Å². The normalized spacial score (nSPS) is 17.7. The topological polar surface area (TPSA) is 78.4 Å². The van der Waals surface area contributed by atoms with Crippen molar-refractivity contribution < 1.29 is 9.59 Å². The molecule has 1 N–H and O–H groups in total. The number of hydrogen-bond donors (Lipinski definition) is 1. The molecule has 0 bridgehead atoms. The molecule has 0 radical (unpaired) electrons. The number of nitrogens with one attached hydrogen (secondary N) is 1. The van der Waals surface area contributed by atoms with Gasteiger partial charge in [0.2, 0.25) is 11.8 Å². The van der Waals surface area contributed by atoms with Crippen LogP contribution >= 0.6 is 0 Å². The molecule has 2 aliphatic heterocycles. The van der Waals surface area contributed by atoms with Crippen molar-refractivity contribution in [3.8, 4) is 0 Å². The third kappa shape index (κ3) is 4.39. The molecular weight excluding hydrogens is 366 g/mol. The Hall–Kier alpha value is -2.96. The lowest BCUT2D eigenvalue weighted by Crippen LogP contribution is -2.52. The molecule has 7 heteroatoms. The zero-order valence-electron chi connectivity index (χ0n) is 16.8. The molecule has 2 aliphatic rings. The van der Waals surface area contributed by atoms with E-state index in [1.165, 1.54) is 5.56 Å². The minimum absolute atomic E-state index is 0.0305. The van der Waals surface area contributed by atoms with Crippen LogP contribution < -0.4 is 10.2 Å². The van der Waals surface area contributed by atoms with Gasteiger partial charge in [-0.25, -0.2) is 0 Å². The van der Waals surface area contributed by atoms with Crippen LogP contribution in [0.2, 0.25) is 0 Å². The predicted molar refractivity (Wildman–Crippen MR) is 112 cm³/mol. The Morgan fingerprint density at radius 1 is 1.10 bits per heavy atom. The number of hydrogen-bond acceptors (Lipinski definition) is 5. The number of rotatable bonds is 5. The molecule has 1 aromatic heterocycles. The molecule has 29 heavy (non-hydrogen) atoms. The number of aromatic nitrogens is 2. The van der Waals surface area contributed by atoms with E-state index in [1.807, 2.05) is 36.1 Å². The van der Waals surface area contributed by atoms with Crippen molar-refractivity contribution in [3.05, 3.63) is 48.2 Å². The minimum atomic E-state index is -0.0305. The molecule has 2 aromatic rings. The van der Waals surface area contributed by atoms with Crippen molar-refractivity contribution in [3.63, 3.8) is 0 Å². The lowest BCUT2D eigenvalue weighted by atomic mass is 9.89. The lowest BCUT2D eigenvalue weighted by molar-refractivity contribution is -0.131. The second-order valence-electron chi connectivity index (χ2n) is 7.80. The highest BCUT2D eigenvalue weighted by atomic mass is 16.2. The van der Waals surface area contributed by atoms with E-state index in [9.17, 15) is 9.59 Å². The fraction of sp³-hybridized carbons (Fsp3) is 0.455. The molecule has 0 spiro atoms. The van der Waals surface area contributed by atoms with Crippen molar-refractivity contribution in [2.45, 2.75) is 32.1 Å². The fourth-order valence-electron chi connectivity index (χ4n) is 4.06. The van der Waals surface area contributed by atoms with Gasteiger partial charge in [0, 0.05) is 44.5 Å². The number of likely N-dealkylation sites (tertiary alicyclic amines) is 1. The smallest absolute Gasteiger partial charge is 0.231 e. The largest absolute Gasteiger partial charge is 0.353 e.